The molecule has 1 aromatic carbocycles. The maximum absolute atomic E-state index is 12.7. The highest BCUT2D eigenvalue weighted by Crippen LogP contribution is 2.30. The van der Waals surface area contributed by atoms with Crippen molar-refractivity contribution in [2.45, 2.75) is 45.8 Å². The van der Waals surface area contributed by atoms with Gasteiger partial charge in [0.1, 0.15) is 5.75 Å². The molecular formula is C20H30N2O4S. The zero-order chi connectivity index (χ0) is 19.6. The molecule has 0 aromatic heterocycles. The molecule has 0 radical (unpaired) electrons. The van der Waals surface area contributed by atoms with E-state index < -0.39 is 9.84 Å². The quantitative estimate of drug-likeness (QED) is 0.738. The van der Waals surface area contributed by atoms with E-state index in [-0.39, 0.29) is 35.4 Å². The van der Waals surface area contributed by atoms with Crippen LogP contribution in [0.1, 0.15) is 32.8 Å². The molecule has 2 heterocycles. The van der Waals surface area contributed by atoms with Gasteiger partial charge in [-0.05, 0) is 18.9 Å². The van der Waals surface area contributed by atoms with Gasteiger partial charge in [-0.25, -0.2) is 8.42 Å². The first kappa shape index (κ1) is 20.1. The summed E-state index contributed by atoms with van der Waals surface area (Å²) in [6.45, 7) is 8.48. The SMILES string of the molecule is CCOc1ccccc1CN1CCN(C(=O)CC(C)C)[C@H]2CS(=O)(=O)C[C@H]21. The van der Waals surface area contributed by atoms with E-state index in [2.05, 4.69) is 4.90 Å². The number of piperazine rings is 1. The number of nitrogens with zero attached hydrogens (tertiary/aromatic N) is 2. The summed E-state index contributed by atoms with van der Waals surface area (Å²) in [5.41, 5.74) is 1.06. The van der Waals surface area contributed by atoms with Crippen molar-refractivity contribution < 1.29 is 17.9 Å². The molecule has 2 fully saturated rings. The average molecular weight is 395 g/mol. The van der Waals surface area contributed by atoms with Crippen LogP contribution in [0.15, 0.2) is 24.3 Å². The largest absolute Gasteiger partial charge is 0.494 e. The van der Waals surface area contributed by atoms with Crippen molar-refractivity contribution in [3.63, 3.8) is 0 Å². The van der Waals surface area contributed by atoms with Crippen molar-refractivity contribution in [1.29, 1.82) is 0 Å². The first-order chi connectivity index (χ1) is 12.8. The molecule has 3 rings (SSSR count). The van der Waals surface area contributed by atoms with Gasteiger partial charge in [-0.1, -0.05) is 32.0 Å². The monoisotopic (exact) mass is 394 g/mol. The summed E-state index contributed by atoms with van der Waals surface area (Å²) in [5.74, 6) is 1.39. The van der Waals surface area contributed by atoms with Crippen LogP contribution in [0.3, 0.4) is 0 Å². The minimum atomic E-state index is -3.14. The van der Waals surface area contributed by atoms with Crippen molar-refractivity contribution in [1.82, 2.24) is 9.80 Å². The summed E-state index contributed by atoms with van der Waals surface area (Å²) in [7, 11) is -3.14. The van der Waals surface area contributed by atoms with Crippen molar-refractivity contribution in [3.05, 3.63) is 29.8 Å². The molecule has 0 aliphatic carbocycles. The van der Waals surface area contributed by atoms with E-state index in [1.165, 1.54) is 0 Å². The highest BCUT2D eigenvalue weighted by Gasteiger charge is 2.47. The van der Waals surface area contributed by atoms with Crippen molar-refractivity contribution in [2.75, 3.05) is 31.2 Å². The zero-order valence-corrected chi connectivity index (χ0v) is 17.2. The van der Waals surface area contributed by atoms with Crippen LogP contribution in [-0.2, 0) is 21.2 Å². The number of amides is 1. The van der Waals surface area contributed by atoms with Crippen LogP contribution in [0.5, 0.6) is 5.75 Å². The molecule has 2 atom stereocenters. The molecule has 27 heavy (non-hydrogen) atoms. The molecule has 7 heteroatoms. The van der Waals surface area contributed by atoms with Crippen LogP contribution in [-0.4, -0.2) is 67.4 Å². The van der Waals surface area contributed by atoms with Crippen LogP contribution in [0.4, 0.5) is 0 Å². The summed E-state index contributed by atoms with van der Waals surface area (Å²) in [5, 5.41) is 0. The van der Waals surface area contributed by atoms with E-state index in [9.17, 15) is 13.2 Å². The van der Waals surface area contributed by atoms with Gasteiger partial charge >= 0.3 is 0 Å². The van der Waals surface area contributed by atoms with Gasteiger partial charge in [0, 0.05) is 37.7 Å². The Morgan fingerprint density at radius 3 is 2.59 bits per heavy atom. The molecular weight excluding hydrogens is 364 g/mol. The Labute approximate surface area is 162 Å². The zero-order valence-electron chi connectivity index (χ0n) is 16.4. The lowest BCUT2D eigenvalue weighted by molar-refractivity contribution is -0.137. The number of carbonyl (C=O) groups is 1. The number of rotatable bonds is 6. The highest BCUT2D eigenvalue weighted by molar-refractivity contribution is 7.91. The van der Waals surface area contributed by atoms with Crippen molar-refractivity contribution >= 4 is 15.7 Å². The molecule has 0 saturated carbocycles. The molecule has 6 nitrogen and oxygen atoms in total. The molecule has 0 unspecified atom stereocenters. The molecule has 2 aliphatic rings. The molecule has 0 bridgehead atoms. The first-order valence-corrected chi connectivity index (χ1v) is 11.6. The summed E-state index contributed by atoms with van der Waals surface area (Å²) >= 11 is 0. The minimum Gasteiger partial charge on any atom is -0.494 e. The van der Waals surface area contributed by atoms with Gasteiger partial charge in [0.25, 0.3) is 0 Å². The number of ether oxygens (including phenoxy) is 1. The number of fused-ring (bicyclic) bond motifs is 1. The third-order valence-electron chi connectivity index (χ3n) is 5.34. The maximum atomic E-state index is 12.7. The smallest absolute Gasteiger partial charge is 0.223 e. The lowest BCUT2D eigenvalue weighted by Gasteiger charge is -2.44. The van der Waals surface area contributed by atoms with Gasteiger partial charge in [0.05, 0.1) is 24.2 Å². The molecule has 0 N–H and O–H groups in total. The lowest BCUT2D eigenvalue weighted by Crippen LogP contribution is -2.60. The van der Waals surface area contributed by atoms with E-state index in [4.69, 9.17) is 4.74 Å². The number of carbonyl (C=O) groups excluding carboxylic acids is 1. The summed E-state index contributed by atoms with van der Waals surface area (Å²) < 4.78 is 30.5. The Morgan fingerprint density at radius 1 is 1.19 bits per heavy atom. The highest BCUT2D eigenvalue weighted by atomic mass is 32.2. The Balaban J connectivity index is 1.81. The number of para-hydroxylation sites is 1. The standard InChI is InChI=1S/C20H30N2O4S/c1-4-26-19-8-6-5-7-16(19)12-21-9-10-22(20(23)11-15(2)3)18-14-27(24,25)13-17(18)21/h5-8,15,17-18H,4,9-14H2,1-3H3/t17-,18+/m1/s1. The molecule has 2 saturated heterocycles. The fraction of sp³-hybridized carbons (Fsp3) is 0.650. The summed E-state index contributed by atoms with van der Waals surface area (Å²) in [4.78, 5) is 16.7. The van der Waals surface area contributed by atoms with Crippen LogP contribution in [0.2, 0.25) is 0 Å². The van der Waals surface area contributed by atoms with E-state index in [1.54, 1.807) is 0 Å². The van der Waals surface area contributed by atoms with Crippen LogP contribution < -0.4 is 4.74 Å². The summed E-state index contributed by atoms with van der Waals surface area (Å²) in [6.07, 6.45) is 0.469. The average Bonchev–Trinajstić information content (AvgIpc) is 2.91. The van der Waals surface area contributed by atoms with E-state index in [0.717, 1.165) is 11.3 Å². The lowest BCUT2D eigenvalue weighted by atomic mass is 10.0. The van der Waals surface area contributed by atoms with Crippen molar-refractivity contribution in [3.8, 4) is 5.75 Å². The van der Waals surface area contributed by atoms with Crippen molar-refractivity contribution in [2.24, 2.45) is 5.92 Å². The number of benzene rings is 1. The maximum Gasteiger partial charge on any atom is 0.223 e. The molecule has 0 spiro atoms. The third kappa shape index (κ3) is 4.63. The van der Waals surface area contributed by atoms with E-state index in [0.29, 0.717) is 32.7 Å². The number of sulfone groups is 1. The Kier molecular flexibility index (Phi) is 6.11. The Bertz CT molecular complexity index is 778. The van der Waals surface area contributed by atoms with Gasteiger partial charge < -0.3 is 9.64 Å². The number of hydrogen-bond donors (Lipinski definition) is 0. The molecule has 1 aromatic rings. The van der Waals surface area contributed by atoms with Gasteiger partial charge in [-0.3, -0.25) is 9.69 Å². The molecule has 150 valence electrons. The van der Waals surface area contributed by atoms with Crippen LogP contribution >= 0.6 is 0 Å². The normalized spacial score (nSPS) is 24.8. The molecule has 2 aliphatic heterocycles. The first-order valence-electron chi connectivity index (χ1n) is 9.75. The summed E-state index contributed by atoms with van der Waals surface area (Å²) in [6, 6.07) is 7.51. The van der Waals surface area contributed by atoms with Gasteiger partial charge in [-0.2, -0.15) is 0 Å². The number of hydrogen-bond acceptors (Lipinski definition) is 5. The molecule has 1 amide bonds. The minimum absolute atomic E-state index is 0.0745. The Morgan fingerprint density at radius 2 is 1.89 bits per heavy atom. The fourth-order valence-electron chi connectivity index (χ4n) is 4.15. The second kappa shape index (κ2) is 8.19. The van der Waals surface area contributed by atoms with Crippen LogP contribution in [0.25, 0.3) is 0 Å². The van der Waals surface area contributed by atoms with Crippen LogP contribution in [0, 0.1) is 5.92 Å². The third-order valence-corrected chi connectivity index (χ3v) is 7.04. The van der Waals surface area contributed by atoms with E-state index >= 15 is 0 Å². The fourth-order valence-corrected chi connectivity index (χ4v) is 6.16. The topological polar surface area (TPSA) is 66.9 Å². The van der Waals surface area contributed by atoms with Gasteiger partial charge in [-0.15, -0.1) is 0 Å². The second-order valence-electron chi connectivity index (χ2n) is 7.91. The second-order valence-corrected chi connectivity index (χ2v) is 10.1. The predicted octanol–water partition coefficient (Wildman–Crippen LogP) is 1.94. The predicted molar refractivity (Wildman–Crippen MR) is 105 cm³/mol. The van der Waals surface area contributed by atoms with Gasteiger partial charge in [0.15, 0.2) is 9.84 Å². The Hall–Kier alpha value is -1.60. The van der Waals surface area contributed by atoms with E-state index in [1.807, 2.05) is 49.9 Å². The van der Waals surface area contributed by atoms with Gasteiger partial charge in [0.2, 0.25) is 5.91 Å².